The van der Waals surface area contributed by atoms with Crippen LogP contribution in [0.4, 0.5) is 5.13 Å². The van der Waals surface area contributed by atoms with E-state index in [1.54, 1.807) is 65.7 Å². The first-order valence-electron chi connectivity index (χ1n) is 27.6. The van der Waals surface area contributed by atoms with Gasteiger partial charge in [-0.3, -0.25) is 9.59 Å². The average molecular weight is 1120 g/mol. The van der Waals surface area contributed by atoms with Gasteiger partial charge in [-0.05, 0) is 182 Å². The van der Waals surface area contributed by atoms with Crippen molar-refractivity contribution in [1.29, 1.82) is 0 Å². The summed E-state index contributed by atoms with van der Waals surface area (Å²) in [6.07, 6.45) is 19.2. The van der Waals surface area contributed by atoms with Crippen LogP contribution in [-0.2, 0) is 38.1 Å². The number of hydrazone groups is 1. The van der Waals surface area contributed by atoms with Crippen LogP contribution < -0.4 is 24.0 Å². The summed E-state index contributed by atoms with van der Waals surface area (Å²) in [6, 6.07) is 26.0. The molecule has 426 valence electrons. The molecule has 0 spiro atoms. The van der Waals surface area contributed by atoms with Crippen molar-refractivity contribution >= 4 is 68.7 Å². The Labute approximate surface area is 476 Å². The second kappa shape index (κ2) is 32.1. The predicted octanol–water partition coefficient (Wildman–Crippen LogP) is 11.7. The number of aromatic nitrogens is 1. The first kappa shape index (κ1) is 60.3. The lowest BCUT2D eigenvalue weighted by Gasteiger charge is -2.27. The number of carbonyl (C=O) groups is 6. The van der Waals surface area contributed by atoms with Crippen molar-refractivity contribution in [2.45, 2.75) is 115 Å². The number of hydrogen-bond donors (Lipinski definition) is 0. The van der Waals surface area contributed by atoms with Crippen LogP contribution in [0.3, 0.4) is 0 Å². The van der Waals surface area contributed by atoms with Crippen molar-refractivity contribution in [2.75, 3.05) is 38.0 Å². The standard InChI is InChI=1S/C63H69N3O14S/c1-4-37-66(63-65-55-17-11-12-18-56(55)81-63)64-43-47-42-53(80-61(71)46-21-27-50(28-22-46)77-59(69)44-19-25-48(26-20-44)73-38-13-7-9-15-40-75-57(67)5-2)35-36-54(47)62(72)79-51-29-23-45(24-30-51)60(70)78-52-33-31-49(32-34-52)74-39-14-8-10-16-41-76-58(68)6-3/h1,5-6,11-12,17-20,25-26,31-36,42-43,45-46,50-51H,2-3,7-10,13-16,21-24,27-30,37-41H2/b64-43+/t45-,46-,50-,51-. The molecule has 0 amide bonds. The molecule has 2 aliphatic carbocycles. The number of rotatable bonds is 30. The molecule has 5 aromatic rings. The van der Waals surface area contributed by atoms with Crippen LogP contribution >= 0.6 is 11.3 Å². The van der Waals surface area contributed by atoms with Gasteiger partial charge in [0, 0.05) is 17.7 Å². The van der Waals surface area contributed by atoms with E-state index in [-0.39, 0.29) is 35.8 Å². The smallest absolute Gasteiger partial charge is 0.339 e. The summed E-state index contributed by atoms with van der Waals surface area (Å²) in [6.45, 7) is 8.63. The zero-order chi connectivity index (χ0) is 57.2. The van der Waals surface area contributed by atoms with Gasteiger partial charge < -0.3 is 37.9 Å². The molecule has 1 aromatic heterocycles. The SMILES string of the molecule is C#CCN(/N=C/c1cc(OC(=O)[C@H]2CC[C@H](OC(=O)c3ccc(OCCCCCCOC(=O)C=C)cc3)CC2)ccc1C(=O)O[C@H]1CC[C@H](C(=O)Oc2ccc(OCCCCCCOC(=O)C=C)cc2)CC1)c1nc2ccccc2s1. The zero-order valence-corrected chi connectivity index (χ0v) is 46.3. The monoisotopic (exact) mass is 1120 g/mol. The molecule has 81 heavy (non-hydrogen) atoms. The number of fused-ring (bicyclic) bond motifs is 1. The summed E-state index contributed by atoms with van der Waals surface area (Å²) in [4.78, 5) is 81.0. The van der Waals surface area contributed by atoms with Gasteiger partial charge in [-0.1, -0.05) is 42.5 Å². The van der Waals surface area contributed by atoms with Crippen molar-refractivity contribution in [2.24, 2.45) is 16.9 Å². The van der Waals surface area contributed by atoms with Crippen LogP contribution in [0.25, 0.3) is 10.2 Å². The van der Waals surface area contributed by atoms with E-state index in [2.05, 4.69) is 24.2 Å². The van der Waals surface area contributed by atoms with E-state index in [0.717, 1.165) is 73.7 Å². The van der Waals surface area contributed by atoms with Gasteiger partial charge in [0.1, 0.15) is 41.8 Å². The maximum Gasteiger partial charge on any atom is 0.339 e. The number of nitrogens with zero attached hydrogens (tertiary/aromatic N) is 3. The van der Waals surface area contributed by atoms with Crippen LogP contribution in [0.15, 0.2) is 121 Å². The molecular formula is C63H69N3O14S. The zero-order valence-electron chi connectivity index (χ0n) is 45.5. The average Bonchev–Trinajstić information content (AvgIpc) is 3.96. The summed E-state index contributed by atoms with van der Waals surface area (Å²) in [5, 5.41) is 6.78. The summed E-state index contributed by atoms with van der Waals surface area (Å²) in [7, 11) is 0. The van der Waals surface area contributed by atoms with E-state index in [0.29, 0.717) is 111 Å². The molecule has 2 aliphatic rings. The third-order valence-electron chi connectivity index (χ3n) is 13.7. The molecule has 2 saturated carbocycles. The fourth-order valence-electron chi connectivity index (χ4n) is 9.16. The molecule has 0 unspecified atom stereocenters. The molecule has 0 radical (unpaired) electrons. The lowest BCUT2D eigenvalue weighted by atomic mass is 9.87. The molecule has 1 heterocycles. The lowest BCUT2D eigenvalue weighted by Crippen LogP contribution is -2.30. The number of unbranched alkanes of at least 4 members (excludes halogenated alkanes) is 6. The van der Waals surface area contributed by atoms with E-state index >= 15 is 0 Å². The Balaban J connectivity index is 0.888. The first-order chi connectivity index (χ1) is 39.5. The van der Waals surface area contributed by atoms with Gasteiger partial charge in [0.2, 0.25) is 5.13 Å². The van der Waals surface area contributed by atoms with Crippen LogP contribution in [0.2, 0.25) is 0 Å². The highest BCUT2D eigenvalue weighted by Gasteiger charge is 2.32. The minimum Gasteiger partial charge on any atom is -0.494 e. The number of anilines is 1. The lowest BCUT2D eigenvalue weighted by molar-refractivity contribution is -0.141. The Morgan fingerprint density at radius 2 is 1.10 bits per heavy atom. The molecule has 0 N–H and O–H groups in total. The highest BCUT2D eigenvalue weighted by molar-refractivity contribution is 7.22. The predicted molar refractivity (Wildman–Crippen MR) is 307 cm³/mol. The Hall–Kier alpha value is -8.30. The fourth-order valence-corrected chi connectivity index (χ4v) is 10.1. The third kappa shape index (κ3) is 19.5. The van der Waals surface area contributed by atoms with E-state index in [4.69, 9.17) is 49.3 Å². The number of terminal acetylenes is 1. The van der Waals surface area contributed by atoms with E-state index < -0.39 is 41.9 Å². The van der Waals surface area contributed by atoms with Crippen LogP contribution in [-0.4, -0.2) is 92.2 Å². The van der Waals surface area contributed by atoms with Crippen LogP contribution in [0, 0.1) is 24.2 Å². The van der Waals surface area contributed by atoms with Crippen LogP contribution in [0.5, 0.6) is 23.0 Å². The second-order valence-corrected chi connectivity index (χ2v) is 20.6. The van der Waals surface area contributed by atoms with Gasteiger partial charge in [-0.15, -0.1) is 6.42 Å². The van der Waals surface area contributed by atoms with Gasteiger partial charge in [-0.25, -0.2) is 29.2 Å². The molecule has 0 aliphatic heterocycles. The first-order valence-corrected chi connectivity index (χ1v) is 28.4. The molecule has 4 aromatic carbocycles. The number of para-hydroxylation sites is 1. The highest BCUT2D eigenvalue weighted by atomic mass is 32.1. The summed E-state index contributed by atoms with van der Waals surface area (Å²) in [5.74, 6) is 0.984. The van der Waals surface area contributed by atoms with Crippen molar-refractivity contribution < 1.29 is 66.7 Å². The van der Waals surface area contributed by atoms with Crippen molar-refractivity contribution in [3.05, 3.63) is 133 Å². The topological polar surface area (TPSA) is 205 Å². The molecule has 0 atom stereocenters. The Kier molecular flexibility index (Phi) is 23.9. The summed E-state index contributed by atoms with van der Waals surface area (Å²) < 4.78 is 46.1. The molecule has 7 rings (SSSR count). The quantitative estimate of drug-likeness (QED) is 0.00613. The highest BCUT2D eigenvalue weighted by Crippen LogP contribution is 2.33. The third-order valence-corrected chi connectivity index (χ3v) is 14.7. The van der Waals surface area contributed by atoms with Crippen molar-refractivity contribution in [1.82, 2.24) is 4.98 Å². The summed E-state index contributed by atoms with van der Waals surface area (Å²) >= 11 is 1.41. The number of benzene rings is 4. The maximum atomic E-state index is 14.0. The Morgan fingerprint density at radius 1 is 0.605 bits per heavy atom. The van der Waals surface area contributed by atoms with Gasteiger partial charge in [0.15, 0.2) is 0 Å². The Bertz CT molecular complexity index is 2950. The van der Waals surface area contributed by atoms with E-state index in [1.165, 1.54) is 23.6 Å². The van der Waals surface area contributed by atoms with Gasteiger partial charge in [0.05, 0.1) is 65.8 Å². The molecule has 0 bridgehead atoms. The molecule has 18 heteroatoms. The van der Waals surface area contributed by atoms with E-state index in [9.17, 15) is 28.8 Å². The number of ether oxygens (including phenoxy) is 8. The minimum absolute atomic E-state index is 0.0822. The molecule has 0 saturated heterocycles. The number of carbonyl (C=O) groups excluding carboxylic acids is 6. The normalized spacial score (nSPS) is 16.7. The fraction of sp³-hybridized carbons (Fsp3) is 0.397. The Morgan fingerprint density at radius 3 is 1.64 bits per heavy atom. The second-order valence-electron chi connectivity index (χ2n) is 19.6. The molecule has 2 fully saturated rings. The number of hydrogen-bond acceptors (Lipinski definition) is 18. The largest absolute Gasteiger partial charge is 0.494 e. The van der Waals surface area contributed by atoms with Gasteiger partial charge >= 0.3 is 35.8 Å². The summed E-state index contributed by atoms with van der Waals surface area (Å²) in [5.41, 5.74) is 1.67. The number of thiazole rings is 1. The molecular weight excluding hydrogens is 1050 g/mol. The maximum absolute atomic E-state index is 14.0. The number of esters is 6. The van der Waals surface area contributed by atoms with Gasteiger partial charge in [-0.2, -0.15) is 5.10 Å². The van der Waals surface area contributed by atoms with Crippen molar-refractivity contribution in [3.8, 4) is 35.3 Å². The molecule has 17 nitrogen and oxygen atoms in total. The van der Waals surface area contributed by atoms with E-state index in [1.807, 2.05) is 24.3 Å². The van der Waals surface area contributed by atoms with Gasteiger partial charge in [0.25, 0.3) is 0 Å². The minimum atomic E-state index is -0.611. The van der Waals surface area contributed by atoms with Crippen molar-refractivity contribution in [3.63, 3.8) is 0 Å². The van der Waals surface area contributed by atoms with Crippen LogP contribution in [0.1, 0.15) is 129 Å².